The fourth-order valence-electron chi connectivity index (χ4n) is 1.31. The summed E-state index contributed by atoms with van der Waals surface area (Å²) in [4.78, 5) is 0. The molecule has 1 aromatic rings. The van der Waals surface area contributed by atoms with Gasteiger partial charge in [0.1, 0.15) is 0 Å². The van der Waals surface area contributed by atoms with Crippen molar-refractivity contribution in [2.45, 2.75) is 39.0 Å². The summed E-state index contributed by atoms with van der Waals surface area (Å²) in [5.41, 5.74) is 2.23. The van der Waals surface area contributed by atoms with E-state index in [0.29, 0.717) is 6.54 Å². The first-order valence-electron chi connectivity index (χ1n) is 5.52. The van der Waals surface area contributed by atoms with Gasteiger partial charge in [0, 0.05) is 6.54 Å². The van der Waals surface area contributed by atoms with E-state index < -0.39 is 10.0 Å². The van der Waals surface area contributed by atoms with Gasteiger partial charge in [0.05, 0.1) is 5.25 Å². The molecule has 16 heavy (non-hydrogen) atoms. The van der Waals surface area contributed by atoms with Crippen molar-refractivity contribution >= 4 is 10.0 Å². The lowest BCUT2D eigenvalue weighted by Crippen LogP contribution is -2.30. The molecule has 1 aromatic carbocycles. The summed E-state index contributed by atoms with van der Waals surface area (Å²) in [5.74, 6) is 0. The number of hydrogen-bond acceptors (Lipinski definition) is 2. The van der Waals surface area contributed by atoms with E-state index in [1.54, 1.807) is 13.8 Å². The van der Waals surface area contributed by atoms with E-state index >= 15 is 0 Å². The average molecular weight is 241 g/mol. The Morgan fingerprint density at radius 2 is 1.88 bits per heavy atom. The van der Waals surface area contributed by atoms with Gasteiger partial charge in [-0.3, -0.25) is 0 Å². The highest BCUT2D eigenvalue weighted by atomic mass is 32.2. The van der Waals surface area contributed by atoms with E-state index in [9.17, 15) is 8.42 Å². The lowest BCUT2D eigenvalue weighted by molar-refractivity contribution is 0.572. The summed E-state index contributed by atoms with van der Waals surface area (Å²) in [7, 11) is -3.17. The van der Waals surface area contributed by atoms with Gasteiger partial charge >= 0.3 is 0 Å². The van der Waals surface area contributed by atoms with Crippen LogP contribution in [-0.2, 0) is 23.0 Å². The molecule has 90 valence electrons. The minimum Gasteiger partial charge on any atom is -0.212 e. The van der Waals surface area contributed by atoms with Crippen LogP contribution in [0.1, 0.15) is 31.9 Å². The van der Waals surface area contributed by atoms with E-state index in [1.165, 1.54) is 5.56 Å². The first-order chi connectivity index (χ1) is 7.45. The molecule has 1 rings (SSSR count). The Morgan fingerprint density at radius 1 is 1.25 bits per heavy atom. The van der Waals surface area contributed by atoms with Crippen LogP contribution < -0.4 is 4.72 Å². The van der Waals surface area contributed by atoms with E-state index in [1.807, 2.05) is 24.3 Å². The Balaban J connectivity index is 2.68. The van der Waals surface area contributed by atoms with Gasteiger partial charge in [0.25, 0.3) is 0 Å². The minimum absolute atomic E-state index is 0.369. The molecule has 0 spiro atoms. The van der Waals surface area contributed by atoms with E-state index in [-0.39, 0.29) is 5.25 Å². The third-order valence-electron chi connectivity index (χ3n) is 2.50. The first-order valence-corrected chi connectivity index (χ1v) is 7.06. The molecule has 0 amide bonds. The van der Waals surface area contributed by atoms with Crippen molar-refractivity contribution in [2.75, 3.05) is 0 Å². The second-order valence-corrected chi connectivity index (χ2v) is 6.41. The summed E-state index contributed by atoms with van der Waals surface area (Å²) >= 11 is 0. The molecule has 0 saturated carbocycles. The van der Waals surface area contributed by atoms with Crippen molar-refractivity contribution in [1.29, 1.82) is 0 Å². The zero-order valence-electron chi connectivity index (χ0n) is 10.0. The molecule has 0 aliphatic heterocycles. The molecule has 0 radical (unpaired) electrons. The van der Waals surface area contributed by atoms with Crippen LogP contribution in [0.5, 0.6) is 0 Å². The number of nitrogens with one attached hydrogen (secondary N) is 1. The second kappa shape index (κ2) is 5.46. The minimum atomic E-state index is -3.17. The third-order valence-corrected chi connectivity index (χ3v) is 4.29. The zero-order chi connectivity index (χ0) is 12.2. The smallest absolute Gasteiger partial charge is 0.212 e. The van der Waals surface area contributed by atoms with Gasteiger partial charge in [0.15, 0.2) is 0 Å². The average Bonchev–Trinajstić information content (AvgIpc) is 2.26. The molecule has 0 atom stereocenters. The predicted molar refractivity (Wildman–Crippen MR) is 66.7 cm³/mol. The monoisotopic (exact) mass is 241 g/mol. The van der Waals surface area contributed by atoms with E-state index in [2.05, 4.69) is 11.6 Å². The van der Waals surface area contributed by atoms with Gasteiger partial charge in [-0.05, 0) is 31.4 Å². The maximum Gasteiger partial charge on any atom is 0.214 e. The Kier molecular flexibility index (Phi) is 4.50. The van der Waals surface area contributed by atoms with Gasteiger partial charge in [-0.25, -0.2) is 13.1 Å². The first kappa shape index (κ1) is 13.2. The second-order valence-electron chi connectivity index (χ2n) is 4.09. The third kappa shape index (κ3) is 3.61. The van der Waals surface area contributed by atoms with Crippen molar-refractivity contribution in [1.82, 2.24) is 4.72 Å². The summed E-state index contributed by atoms with van der Waals surface area (Å²) in [5, 5.41) is -0.387. The SMILES string of the molecule is CCc1cccc(CNS(=O)(=O)C(C)C)c1. The van der Waals surface area contributed by atoms with Crippen molar-refractivity contribution in [3.63, 3.8) is 0 Å². The van der Waals surface area contributed by atoms with Crippen LogP contribution in [0.3, 0.4) is 0 Å². The van der Waals surface area contributed by atoms with Gasteiger partial charge < -0.3 is 0 Å². The highest BCUT2D eigenvalue weighted by Gasteiger charge is 2.14. The Hall–Kier alpha value is -0.870. The van der Waals surface area contributed by atoms with Crippen LogP contribution in [0.2, 0.25) is 0 Å². The maximum absolute atomic E-state index is 11.5. The summed E-state index contributed by atoms with van der Waals surface area (Å²) in [6, 6.07) is 7.96. The number of sulfonamides is 1. The van der Waals surface area contributed by atoms with Gasteiger partial charge in [-0.2, -0.15) is 0 Å². The largest absolute Gasteiger partial charge is 0.214 e. The zero-order valence-corrected chi connectivity index (χ0v) is 10.8. The quantitative estimate of drug-likeness (QED) is 0.858. The molecule has 0 aliphatic rings. The molecule has 0 aromatic heterocycles. The predicted octanol–water partition coefficient (Wildman–Crippen LogP) is 2.08. The lowest BCUT2D eigenvalue weighted by atomic mass is 10.1. The number of rotatable bonds is 5. The van der Waals surface area contributed by atoms with Crippen LogP contribution in [0.4, 0.5) is 0 Å². The van der Waals surface area contributed by atoms with Crippen LogP contribution in [0.15, 0.2) is 24.3 Å². The van der Waals surface area contributed by atoms with Gasteiger partial charge in [0.2, 0.25) is 10.0 Å². The molecule has 3 nitrogen and oxygen atoms in total. The van der Waals surface area contributed by atoms with Crippen molar-refractivity contribution in [2.24, 2.45) is 0 Å². The molecule has 0 heterocycles. The van der Waals surface area contributed by atoms with Gasteiger partial charge in [-0.15, -0.1) is 0 Å². The Bertz CT molecular complexity index is 438. The molecular weight excluding hydrogens is 222 g/mol. The van der Waals surface area contributed by atoms with Crippen LogP contribution in [0.25, 0.3) is 0 Å². The Morgan fingerprint density at radius 3 is 2.44 bits per heavy atom. The topological polar surface area (TPSA) is 46.2 Å². The molecule has 0 unspecified atom stereocenters. The number of benzene rings is 1. The molecule has 1 N–H and O–H groups in total. The molecule has 0 aliphatic carbocycles. The summed E-state index contributed by atoms with van der Waals surface area (Å²) in [6.07, 6.45) is 0.963. The fraction of sp³-hybridized carbons (Fsp3) is 0.500. The molecule has 4 heteroatoms. The molecular formula is C12H19NO2S. The van der Waals surface area contributed by atoms with Crippen LogP contribution >= 0.6 is 0 Å². The maximum atomic E-state index is 11.5. The van der Waals surface area contributed by atoms with E-state index in [4.69, 9.17) is 0 Å². The highest BCUT2D eigenvalue weighted by molar-refractivity contribution is 7.90. The summed E-state index contributed by atoms with van der Waals surface area (Å²) in [6.45, 7) is 5.79. The van der Waals surface area contributed by atoms with Crippen molar-refractivity contribution in [3.05, 3.63) is 35.4 Å². The fourth-order valence-corrected chi connectivity index (χ4v) is 2.01. The lowest BCUT2D eigenvalue weighted by Gasteiger charge is -2.10. The summed E-state index contributed by atoms with van der Waals surface area (Å²) < 4.78 is 25.7. The molecule has 0 saturated heterocycles. The number of aryl methyl sites for hydroxylation is 1. The van der Waals surface area contributed by atoms with Crippen molar-refractivity contribution < 1.29 is 8.42 Å². The standard InChI is InChI=1S/C12H19NO2S/c1-4-11-6-5-7-12(8-11)9-13-16(14,15)10(2)3/h5-8,10,13H,4,9H2,1-3H3. The van der Waals surface area contributed by atoms with Crippen LogP contribution in [-0.4, -0.2) is 13.7 Å². The highest BCUT2D eigenvalue weighted by Crippen LogP contribution is 2.07. The van der Waals surface area contributed by atoms with Crippen molar-refractivity contribution in [3.8, 4) is 0 Å². The Labute approximate surface area is 97.9 Å². The van der Waals surface area contributed by atoms with Crippen LogP contribution in [0, 0.1) is 0 Å². The van der Waals surface area contributed by atoms with E-state index in [0.717, 1.165) is 12.0 Å². The van der Waals surface area contributed by atoms with Gasteiger partial charge in [-0.1, -0.05) is 31.2 Å². The molecule has 0 fully saturated rings. The molecule has 0 bridgehead atoms. The normalized spacial score (nSPS) is 12.0. The number of hydrogen-bond donors (Lipinski definition) is 1.